The van der Waals surface area contributed by atoms with E-state index in [4.69, 9.17) is 14.9 Å². The summed E-state index contributed by atoms with van der Waals surface area (Å²) < 4.78 is 24.4. The van der Waals surface area contributed by atoms with Gasteiger partial charge in [-0.15, -0.1) is 0 Å². The highest BCUT2D eigenvalue weighted by Crippen LogP contribution is 2.27. The van der Waals surface area contributed by atoms with E-state index < -0.39 is 0 Å². The van der Waals surface area contributed by atoms with E-state index in [2.05, 4.69) is 0 Å². The normalized spacial score (nSPS) is 12.5. The summed E-state index contributed by atoms with van der Waals surface area (Å²) in [5, 5.41) is 0.728. The standard InChI is InChI=1S/C17H16FNO2/c1-20-13-6-2-4-11(8-13)9-15(19)16-10-12-5-3-7-14(18)17(12)21-16/h2-8,10,15H,9,19H2,1H3. The number of fused-ring (bicyclic) bond motifs is 1. The fraction of sp³-hybridized carbons (Fsp3) is 0.176. The summed E-state index contributed by atoms with van der Waals surface area (Å²) in [4.78, 5) is 0. The maximum absolute atomic E-state index is 13.6. The van der Waals surface area contributed by atoms with Gasteiger partial charge in [-0.2, -0.15) is 0 Å². The first-order chi connectivity index (χ1) is 10.2. The number of halogens is 1. The van der Waals surface area contributed by atoms with Crippen LogP contribution in [-0.2, 0) is 6.42 Å². The van der Waals surface area contributed by atoms with E-state index >= 15 is 0 Å². The fourth-order valence-electron chi connectivity index (χ4n) is 2.38. The number of rotatable bonds is 4. The Morgan fingerprint density at radius 2 is 2.00 bits per heavy atom. The molecule has 0 saturated heterocycles. The van der Waals surface area contributed by atoms with Gasteiger partial charge in [0.15, 0.2) is 11.4 Å². The highest BCUT2D eigenvalue weighted by Gasteiger charge is 2.15. The fourth-order valence-corrected chi connectivity index (χ4v) is 2.38. The predicted octanol–water partition coefficient (Wildman–Crippen LogP) is 3.82. The molecule has 108 valence electrons. The summed E-state index contributed by atoms with van der Waals surface area (Å²) >= 11 is 0. The first-order valence-corrected chi connectivity index (χ1v) is 6.74. The van der Waals surface area contributed by atoms with Crippen LogP contribution in [0.15, 0.2) is 52.9 Å². The third-order valence-electron chi connectivity index (χ3n) is 3.47. The minimum atomic E-state index is -0.368. The number of ether oxygens (including phenoxy) is 1. The Morgan fingerprint density at radius 1 is 1.19 bits per heavy atom. The molecule has 3 rings (SSSR count). The summed E-state index contributed by atoms with van der Waals surface area (Å²) in [6, 6.07) is 14.0. The minimum absolute atomic E-state index is 0.258. The van der Waals surface area contributed by atoms with Crippen molar-refractivity contribution in [1.82, 2.24) is 0 Å². The first-order valence-electron chi connectivity index (χ1n) is 6.74. The van der Waals surface area contributed by atoms with Crippen molar-refractivity contribution in [1.29, 1.82) is 0 Å². The molecule has 0 saturated carbocycles. The number of nitrogens with two attached hydrogens (primary N) is 1. The quantitative estimate of drug-likeness (QED) is 0.792. The number of hydrogen-bond donors (Lipinski definition) is 1. The van der Waals surface area contributed by atoms with Gasteiger partial charge in [-0.1, -0.05) is 24.3 Å². The SMILES string of the molecule is COc1cccc(CC(N)c2cc3cccc(F)c3o2)c1. The molecular formula is C17H16FNO2. The van der Waals surface area contributed by atoms with Gasteiger partial charge in [-0.25, -0.2) is 4.39 Å². The smallest absolute Gasteiger partial charge is 0.169 e. The zero-order chi connectivity index (χ0) is 14.8. The van der Waals surface area contributed by atoms with Crippen molar-refractivity contribution in [2.45, 2.75) is 12.5 Å². The lowest BCUT2D eigenvalue weighted by molar-refractivity contribution is 0.413. The molecule has 0 aliphatic carbocycles. The monoisotopic (exact) mass is 285 g/mol. The van der Waals surface area contributed by atoms with Crippen molar-refractivity contribution in [3.63, 3.8) is 0 Å². The highest BCUT2D eigenvalue weighted by atomic mass is 19.1. The van der Waals surface area contributed by atoms with Gasteiger partial charge in [0.05, 0.1) is 13.2 Å². The first kappa shape index (κ1) is 13.6. The molecule has 0 spiro atoms. The van der Waals surface area contributed by atoms with Gasteiger partial charge in [0, 0.05) is 5.39 Å². The maximum Gasteiger partial charge on any atom is 0.169 e. The van der Waals surface area contributed by atoms with Crippen LogP contribution in [0.3, 0.4) is 0 Å². The van der Waals surface area contributed by atoms with Crippen molar-refractivity contribution in [3.8, 4) is 5.75 Å². The molecule has 0 aliphatic heterocycles. The Balaban J connectivity index is 1.86. The van der Waals surface area contributed by atoms with Gasteiger partial charge >= 0.3 is 0 Å². The summed E-state index contributed by atoms with van der Waals surface area (Å²) in [6.07, 6.45) is 0.596. The van der Waals surface area contributed by atoms with Crippen LogP contribution in [0.2, 0.25) is 0 Å². The number of hydrogen-bond acceptors (Lipinski definition) is 3. The van der Waals surface area contributed by atoms with Gasteiger partial charge in [0.1, 0.15) is 11.5 Å². The second-order valence-corrected chi connectivity index (χ2v) is 4.97. The van der Waals surface area contributed by atoms with Gasteiger partial charge in [0.25, 0.3) is 0 Å². The van der Waals surface area contributed by atoms with E-state index in [0.717, 1.165) is 16.7 Å². The molecule has 3 nitrogen and oxygen atoms in total. The van der Waals surface area contributed by atoms with Gasteiger partial charge < -0.3 is 14.9 Å². The van der Waals surface area contributed by atoms with Crippen LogP contribution in [-0.4, -0.2) is 7.11 Å². The Bertz CT molecular complexity index is 766. The number of furan rings is 1. The zero-order valence-electron chi connectivity index (χ0n) is 11.7. The van der Waals surface area contributed by atoms with Crippen molar-refractivity contribution >= 4 is 11.0 Å². The van der Waals surface area contributed by atoms with E-state index in [1.165, 1.54) is 6.07 Å². The van der Waals surface area contributed by atoms with Crippen molar-refractivity contribution in [3.05, 3.63) is 65.7 Å². The topological polar surface area (TPSA) is 48.4 Å². The molecule has 1 heterocycles. The molecule has 2 N–H and O–H groups in total. The molecule has 1 atom stereocenters. The Kier molecular flexibility index (Phi) is 3.62. The van der Waals surface area contributed by atoms with Gasteiger partial charge in [-0.3, -0.25) is 0 Å². The van der Waals surface area contributed by atoms with Crippen molar-refractivity contribution < 1.29 is 13.5 Å². The lowest BCUT2D eigenvalue weighted by Crippen LogP contribution is -2.12. The van der Waals surface area contributed by atoms with Crippen LogP contribution in [0.1, 0.15) is 17.4 Å². The van der Waals surface area contributed by atoms with Gasteiger partial charge in [0.2, 0.25) is 0 Å². The summed E-state index contributed by atoms with van der Waals surface area (Å²) in [6.45, 7) is 0. The third-order valence-corrected chi connectivity index (χ3v) is 3.47. The zero-order valence-corrected chi connectivity index (χ0v) is 11.7. The largest absolute Gasteiger partial charge is 0.497 e. The van der Waals surface area contributed by atoms with E-state index in [-0.39, 0.29) is 17.4 Å². The van der Waals surface area contributed by atoms with E-state index in [0.29, 0.717) is 12.2 Å². The summed E-state index contributed by atoms with van der Waals surface area (Å²) in [5.74, 6) is 1.00. The molecule has 1 unspecified atom stereocenters. The molecule has 0 aliphatic rings. The average Bonchev–Trinajstić information content (AvgIpc) is 2.93. The van der Waals surface area contributed by atoms with E-state index in [1.54, 1.807) is 19.2 Å². The van der Waals surface area contributed by atoms with Crippen LogP contribution >= 0.6 is 0 Å². The predicted molar refractivity (Wildman–Crippen MR) is 79.8 cm³/mol. The second-order valence-electron chi connectivity index (χ2n) is 4.97. The molecule has 4 heteroatoms. The molecule has 0 amide bonds. The number of methoxy groups -OCH3 is 1. The van der Waals surface area contributed by atoms with Crippen LogP contribution in [0.4, 0.5) is 4.39 Å². The Morgan fingerprint density at radius 3 is 2.76 bits per heavy atom. The molecule has 2 aromatic carbocycles. The molecule has 3 aromatic rings. The summed E-state index contributed by atoms with van der Waals surface area (Å²) in [5.41, 5.74) is 7.48. The second kappa shape index (κ2) is 5.58. The molecule has 21 heavy (non-hydrogen) atoms. The lowest BCUT2D eigenvalue weighted by Gasteiger charge is -2.09. The van der Waals surface area contributed by atoms with Crippen molar-refractivity contribution in [2.24, 2.45) is 5.73 Å². The molecular weight excluding hydrogens is 269 g/mol. The van der Waals surface area contributed by atoms with Crippen LogP contribution in [0.25, 0.3) is 11.0 Å². The molecule has 0 fully saturated rings. The molecule has 0 bridgehead atoms. The minimum Gasteiger partial charge on any atom is -0.497 e. The number of benzene rings is 2. The Hall–Kier alpha value is -2.33. The Labute approximate surface area is 122 Å². The van der Waals surface area contributed by atoms with E-state index in [1.807, 2.05) is 30.3 Å². The third kappa shape index (κ3) is 2.76. The summed E-state index contributed by atoms with van der Waals surface area (Å²) in [7, 11) is 1.63. The number of para-hydroxylation sites is 1. The maximum atomic E-state index is 13.6. The lowest BCUT2D eigenvalue weighted by atomic mass is 10.0. The van der Waals surface area contributed by atoms with Crippen LogP contribution < -0.4 is 10.5 Å². The highest BCUT2D eigenvalue weighted by molar-refractivity contribution is 5.78. The molecule has 1 aromatic heterocycles. The van der Waals surface area contributed by atoms with Crippen LogP contribution in [0, 0.1) is 5.82 Å². The molecule has 0 radical (unpaired) electrons. The van der Waals surface area contributed by atoms with Gasteiger partial charge in [-0.05, 0) is 36.2 Å². The van der Waals surface area contributed by atoms with E-state index in [9.17, 15) is 4.39 Å². The van der Waals surface area contributed by atoms with Crippen molar-refractivity contribution in [2.75, 3.05) is 7.11 Å². The average molecular weight is 285 g/mol. The van der Waals surface area contributed by atoms with Crippen LogP contribution in [0.5, 0.6) is 5.75 Å².